The quantitative estimate of drug-likeness (QED) is 0.646. The third-order valence-corrected chi connectivity index (χ3v) is 2.90. The lowest BCUT2D eigenvalue weighted by Gasteiger charge is -2.27. The zero-order chi connectivity index (χ0) is 15.2. The highest BCUT2D eigenvalue weighted by molar-refractivity contribution is 5.82. The lowest BCUT2D eigenvalue weighted by atomic mass is 10.0. The molecule has 0 aromatic carbocycles. The first kappa shape index (κ1) is 17.7. The van der Waals surface area contributed by atoms with E-state index < -0.39 is 18.0 Å². The fourth-order valence-corrected chi connectivity index (χ4v) is 1.68. The van der Waals surface area contributed by atoms with E-state index in [-0.39, 0.29) is 17.9 Å². The van der Waals surface area contributed by atoms with E-state index in [0.29, 0.717) is 6.54 Å². The van der Waals surface area contributed by atoms with E-state index in [2.05, 4.69) is 10.6 Å². The van der Waals surface area contributed by atoms with Gasteiger partial charge in [0.2, 0.25) is 0 Å². The van der Waals surface area contributed by atoms with Gasteiger partial charge < -0.3 is 20.6 Å². The Kier molecular flexibility index (Phi) is 7.44. The molecule has 0 aromatic heterocycles. The molecule has 0 bridgehead atoms. The normalized spacial score (nSPS) is 14.6. The van der Waals surface area contributed by atoms with Crippen LogP contribution in [0.15, 0.2) is 0 Å². The van der Waals surface area contributed by atoms with Gasteiger partial charge in [-0.3, -0.25) is 0 Å². The molecule has 0 saturated carbocycles. The van der Waals surface area contributed by atoms with Gasteiger partial charge in [0.1, 0.15) is 6.04 Å². The van der Waals surface area contributed by atoms with Crippen molar-refractivity contribution < 1.29 is 14.7 Å². The Morgan fingerprint density at radius 1 is 1.05 bits per heavy atom. The number of nitrogens with zero attached hydrogens (tertiary/aromatic N) is 1. The van der Waals surface area contributed by atoms with Gasteiger partial charge >= 0.3 is 12.0 Å². The molecule has 0 heterocycles. The van der Waals surface area contributed by atoms with Crippen molar-refractivity contribution in [1.82, 2.24) is 15.5 Å². The molecule has 0 rings (SSSR count). The topological polar surface area (TPSA) is 81.7 Å². The number of hydrogen-bond acceptors (Lipinski definition) is 3. The highest BCUT2D eigenvalue weighted by Gasteiger charge is 2.25. The minimum atomic E-state index is -1.01. The number of rotatable bonds is 7. The molecule has 0 saturated heterocycles. The van der Waals surface area contributed by atoms with E-state index in [1.54, 1.807) is 13.8 Å². The fraction of sp³-hybridized carbons (Fsp3) is 0.846. The maximum absolute atomic E-state index is 11.9. The predicted molar refractivity (Wildman–Crippen MR) is 75.1 cm³/mol. The van der Waals surface area contributed by atoms with Crippen LogP contribution in [0.4, 0.5) is 4.79 Å². The van der Waals surface area contributed by atoms with Crippen LogP contribution < -0.4 is 10.6 Å². The SMILES string of the molecule is CC(C)C(CN(C)C)NC(=O)NC(C(=O)O)C(C)C. The van der Waals surface area contributed by atoms with Gasteiger partial charge in [-0.05, 0) is 25.9 Å². The summed E-state index contributed by atoms with van der Waals surface area (Å²) in [6.07, 6.45) is 0. The van der Waals surface area contributed by atoms with Crippen LogP contribution >= 0.6 is 0 Å². The summed E-state index contributed by atoms with van der Waals surface area (Å²) in [5.41, 5.74) is 0. The smallest absolute Gasteiger partial charge is 0.326 e. The molecule has 0 spiro atoms. The second-order valence-corrected chi connectivity index (χ2v) is 5.79. The molecule has 0 aliphatic heterocycles. The third-order valence-electron chi connectivity index (χ3n) is 2.90. The molecule has 0 radical (unpaired) electrons. The van der Waals surface area contributed by atoms with Crippen LogP contribution in [0.3, 0.4) is 0 Å². The second kappa shape index (κ2) is 7.99. The van der Waals surface area contributed by atoms with Crippen LogP contribution in [0.1, 0.15) is 27.7 Å². The van der Waals surface area contributed by atoms with E-state index in [4.69, 9.17) is 5.11 Å². The molecular weight excluding hydrogens is 246 g/mol. The Balaban J connectivity index is 4.52. The van der Waals surface area contributed by atoms with Crippen LogP contribution in [-0.4, -0.2) is 54.7 Å². The van der Waals surface area contributed by atoms with Gasteiger partial charge in [-0.15, -0.1) is 0 Å². The Labute approximate surface area is 115 Å². The Morgan fingerprint density at radius 3 is 1.89 bits per heavy atom. The van der Waals surface area contributed by atoms with Crippen molar-refractivity contribution in [3.05, 3.63) is 0 Å². The first-order valence-corrected chi connectivity index (χ1v) is 6.59. The van der Waals surface area contributed by atoms with Gasteiger partial charge in [-0.1, -0.05) is 27.7 Å². The van der Waals surface area contributed by atoms with Gasteiger partial charge in [0, 0.05) is 12.6 Å². The summed E-state index contributed by atoms with van der Waals surface area (Å²) in [5, 5.41) is 14.4. The van der Waals surface area contributed by atoms with Crippen molar-refractivity contribution in [1.29, 1.82) is 0 Å². The van der Waals surface area contributed by atoms with Gasteiger partial charge in [0.25, 0.3) is 0 Å². The van der Waals surface area contributed by atoms with E-state index in [9.17, 15) is 9.59 Å². The summed E-state index contributed by atoms with van der Waals surface area (Å²) in [6.45, 7) is 8.28. The van der Waals surface area contributed by atoms with E-state index >= 15 is 0 Å². The molecular formula is C13H27N3O3. The Hall–Kier alpha value is -1.30. The van der Waals surface area contributed by atoms with Gasteiger partial charge in [-0.2, -0.15) is 0 Å². The number of amides is 2. The van der Waals surface area contributed by atoms with Gasteiger partial charge in [0.05, 0.1) is 0 Å². The lowest BCUT2D eigenvalue weighted by molar-refractivity contribution is -0.140. The number of carbonyl (C=O) groups excluding carboxylic acids is 1. The standard InChI is InChI=1S/C13H27N3O3/c1-8(2)10(7-16(5)6)14-13(19)15-11(9(3)4)12(17)18/h8-11H,7H2,1-6H3,(H,17,18)(H2,14,15,19). The number of carboxylic acid groups (broad SMARTS) is 1. The maximum atomic E-state index is 11.9. The summed E-state index contributed by atoms with van der Waals surface area (Å²) in [4.78, 5) is 24.9. The predicted octanol–water partition coefficient (Wildman–Crippen LogP) is 0.981. The molecule has 0 aliphatic carbocycles. The summed E-state index contributed by atoms with van der Waals surface area (Å²) >= 11 is 0. The average molecular weight is 273 g/mol. The summed E-state index contributed by atoms with van der Waals surface area (Å²) < 4.78 is 0. The van der Waals surface area contributed by atoms with Gasteiger partial charge in [0.15, 0.2) is 0 Å². The largest absolute Gasteiger partial charge is 0.480 e. The van der Waals surface area contributed by atoms with Crippen molar-refractivity contribution in [2.24, 2.45) is 11.8 Å². The van der Waals surface area contributed by atoms with Crippen molar-refractivity contribution in [3.63, 3.8) is 0 Å². The van der Waals surface area contributed by atoms with Crippen LogP contribution in [0.2, 0.25) is 0 Å². The molecule has 19 heavy (non-hydrogen) atoms. The molecule has 6 heteroatoms. The van der Waals surface area contributed by atoms with Crippen LogP contribution in [0, 0.1) is 11.8 Å². The molecule has 2 unspecified atom stereocenters. The van der Waals surface area contributed by atoms with Crippen molar-refractivity contribution in [2.45, 2.75) is 39.8 Å². The molecule has 0 aromatic rings. The fourth-order valence-electron chi connectivity index (χ4n) is 1.68. The third kappa shape index (κ3) is 7.00. The molecule has 2 amide bonds. The molecule has 3 N–H and O–H groups in total. The van der Waals surface area contributed by atoms with E-state index in [1.807, 2.05) is 32.8 Å². The first-order valence-electron chi connectivity index (χ1n) is 6.59. The van der Waals surface area contributed by atoms with E-state index in [0.717, 1.165) is 0 Å². The molecule has 2 atom stereocenters. The highest BCUT2D eigenvalue weighted by atomic mass is 16.4. The van der Waals surface area contributed by atoms with Crippen LogP contribution in [0.5, 0.6) is 0 Å². The summed E-state index contributed by atoms with van der Waals surface area (Å²) in [7, 11) is 3.87. The first-order chi connectivity index (χ1) is 8.65. The Bertz CT molecular complexity index is 304. The zero-order valence-electron chi connectivity index (χ0n) is 12.7. The van der Waals surface area contributed by atoms with E-state index in [1.165, 1.54) is 0 Å². The molecule has 0 fully saturated rings. The number of likely N-dealkylation sites (N-methyl/N-ethyl adjacent to an activating group) is 1. The monoisotopic (exact) mass is 273 g/mol. The molecule has 0 aliphatic rings. The number of carbonyl (C=O) groups is 2. The molecule has 112 valence electrons. The second-order valence-electron chi connectivity index (χ2n) is 5.79. The number of urea groups is 1. The summed E-state index contributed by atoms with van der Waals surface area (Å²) in [6, 6.07) is -1.31. The number of hydrogen-bond donors (Lipinski definition) is 3. The molecule has 6 nitrogen and oxygen atoms in total. The number of carboxylic acids is 1. The van der Waals surface area contributed by atoms with Crippen molar-refractivity contribution in [3.8, 4) is 0 Å². The zero-order valence-corrected chi connectivity index (χ0v) is 12.7. The Morgan fingerprint density at radius 2 is 1.58 bits per heavy atom. The van der Waals surface area contributed by atoms with Crippen LogP contribution in [-0.2, 0) is 4.79 Å². The number of nitrogens with one attached hydrogen (secondary N) is 2. The highest BCUT2D eigenvalue weighted by Crippen LogP contribution is 2.04. The van der Waals surface area contributed by atoms with Crippen molar-refractivity contribution in [2.75, 3.05) is 20.6 Å². The summed E-state index contributed by atoms with van der Waals surface area (Å²) in [5.74, 6) is -0.899. The average Bonchev–Trinajstić information content (AvgIpc) is 2.23. The van der Waals surface area contributed by atoms with Crippen LogP contribution in [0.25, 0.3) is 0 Å². The number of aliphatic carboxylic acids is 1. The maximum Gasteiger partial charge on any atom is 0.326 e. The minimum absolute atomic E-state index is 0.0170. The lowest BCUT2D eigenvalue weighted by Crippen LogP contribution is -2.54. The minimum Gasteiger partial charge on any atom is -0.480 e. The van der Waals surface area contributed by atoms with Gasteiger partial charge in [-0.25, -0.2) is 9.59 Å². The van der Waals surface area contributed by atoms with Crippen molar-refractivity contribution >= 4 is 12.0 Å².